The van der Waals surface area contributed by atoms with Gasteiger partial charge in [-0.3, -0.25) is 0 Å². The average molecular weight is 278 g/mol. The smallest absolute Gasteiger partial charge is 0.123 e. The van der Waals surface area contributed by atoms with Crippen LogP contribution in [0.4, 0.5) is 10.1 Å². The lowest BCUT2D eigenvalue weighted by Crippen LogP contribution is -2.09. The molecule has 1 aromatic carbocycles. The molecule has 2 nitrogen and oxygen atoms in total. The van der Waals surface area contributed by atoms with Crippen LogP contribution in [0, 0.1) is 12.7 Å². The second-order valence-electron chi connectivity index (χ2n) is 5.69. The van der Waals surface area contributed by atoms with Gasteiger partial charge in [-0.25, -0.2) is 9.37 Å². The molecule has 0 saturated heterocycles. The van der Waals surface area contributed by atoms with Gasteiger partial charge >= 0.3 is 0 Å². The minimum atomic E-state index is -0.198. The van der Waals surface area contributed by atoms with Crippen LogP contribution in [0.5, 0.6) is 0 Å². The van der Waals surface area contributed by atoms with E-state index < -0.39 is 0 Å². The highest BCUT2D eigenvalue weighted by Crippen LogP contribution is 2.27. The summed E-state index contributed by atoms with van der Waals surface area (Å²) in [5, 5.41) is 4.46. The average Bonchev–Trinajstić information content (AvgIpc) is 2.76. The maximum absolute atomic E-state index is 13.0. The predicted octanol–water partition coefficient (Wildman–Crippen LogP) is 4.50. The minimum absolute atomic E-state index is 0.0920. The number of nitrogens with zero attached hydrogens (tertiary/aromatic N) is 1. The van der Waals surface area contributed by atoms with Gasteiger partial charge < -0.3 is 5.32 Å². The molecule has 1 N–H and O–H groups in total. The number of anilines is 1. The van der Waals surface area contributed by atoms with Gasteiger partial charge in [-0.2, -0.15) is 0 Å². The number of hydrogen-bond acceptors (Lipinski definition) is 3. The van der Waals surface area contributed by atoms with Crippen molar-refractivity contribution in [2.24, 2.45) is 0 Å². The zero-order valence-corrected chi connectivity index (χ0v) is 12.6. The Hall–Kier alpha value is -1.42. The van der Waals surface area contributed by atoms with Crippen molar-refractivity contribution in [3.8, 4) is 0 Å². The van der Waals surface area contributed by atoms with Crippen molar-refractivity contribution in [2.45, 2.75) is 39.7 Å². The van der Waals surface area contributed by atoms with Gasteiger partial charge in [0.25, 0.3) is 0 Å². The van der Waals surface area contributed by atoms with Gasteiger partial charge in [0.15, 0.2) is 0 Å². The Morgan fingerprint density at radius 3 is 2.63 bits per heavy atom. The van der Waals surface area contributed by atoms with Gasteiger partial charge in [0.1, 0.15) is 5.82 Å². The van der Waals surface area contributed by atoms with E-state index in [-0.39, 0.29) is 11.2 Å². The molecule has 2 rings (SSSR count). The van der Waals surface area contributed by atoms with Crippen molar-refractivity contribution in [3.05, 3.63) is 45.7 Å². The maximum Gasteiger partial charge on any atom is 0.123 e. The molecular weight excluding hydrogens is 259 g/mol. The summed E-state index contributed by atoms with van der Waals surface area (Å²) in [6.45, 7) is 9.10. The Bertz CT molecular complexity index is 570. The largest absolute Gasteiger partial charge is 0.380 e. The molecule has 0 fully saturated rings. The number of nitrogens with one attached hydrogen (secondary N) is 1. The van der Waals surface area contributed by atoms with Crippen molar-refractivity contribution >= 4 is 17.0 Å². The van der Waals surface area contributed by atoms with Crippen molar-refractivity contribution in [2.75, 3.05) is 5.32 Å². The molecule has 1 heterocycles. The van der Waals surface area contributed by atoms with E-state index in [9.17, 15) is 4.39 Å². The summed E-state index contributed by atoms with van der Waals surface area (Å²) in [6.07, 6.45) is 1.91. The molecule has 2 aromatic rings. The molecule has 0 bridgehead atoms. The molecule has 0 unspecified atom stereocenters. The second-order valence-corrected chi connectivity index (χ2v) is 6.81. The lowest BCUT2D eigenvalue weighted by Gasteiger charge is -2.13. The first kappa shape index (κ1) is 14.0. The van der Waals surface area contributed by atoms with Crippen molar-refractivity contribution < 1.29 is 4.39 Å². The first-order chi connectivity index (χ1) is 8.86. The van der Waals surface area contributed by atoms with Crippen molar-refractivity contribution in [1.29, 1.82) is 0 Å². The van der Waals surface area contributed by atoms with Gasteiger partial charge in [0.2, 0.25) is 0 Å². The fraction of sp³-hybridized carbons (Fsp3) is 0.400. The Kier molecular flexibility index (Phi) is 3.90. The summed E-state index contributed by atoms with van der Waals surface area (Å²) in [4.78, 5) is 5.64. The number of thiazole rings is 1. The van der Waals surface area contributed by atoms with Gasteiger partial charge in [-0.1, -0.05) is 20.8 Å². The van der Waals surface area contributed by atoms with Crippen LogP contribution in [0.2, 0.25) is 0 Å². The van der Waals surface area contributed by atoms with Gasteiger partial charge in [-0.15, -0.1) is 11.3 Å². The standard InChI is InChI=1S/C15H19FN2S/c1-10-7-11(16)5-6-13(10)17-8-12-9-18-14(19-12)15(2,3)4/h5-7,9,17H,8H2,1-4H3. The van der Waals surface area contributed by atoms with Crippen molar-refractivity contribution in [1.82, 2.24) is 4.98 Å². The van der Waals surface area contributed by atoms with Crippen LogP contribution in [-0.2, 0) is 12.0 Å². The quantitative estimate of drug-likeness (QED) is 0.894. The zero-order valence-electron chi connectivity index (χ0n) is 11.7. The van der Waals surface area contributed by atoms with Gasteiger partial charge in [0.05, 0.1) is 11.6 Å². The van der Waals surface area contributed by atoms with E-state index in [1.54, 1.807) is 17.4 Å². The van der Waals surface area contributed by atoms with Crippen LogP contribution in [-0.4, -0.2) is 4.98 Å². The van der Waals surface area contributed by atoms with E-state index in [2.05, 4.69) is 31.1 Å². The molecule has 102 valence electrons. The Morgan fingerprint density at radius 1 is 1.32 bits per heavy atom. The summed E-state index contributed by atoms with van der Waals surface area (Å²) < 4.78 is 13.0. The van der Waals surface area contributed by atoms with E-state index in [1.807, 2.05) is 13.1 Å². The normalized spacial score (nSPS) is 11.6. The molecule has 0 aliphatic rings. The number of aromatic nitrogens is 1. The molecule has 4 heteroatoms. The summed E-state index contributed by atoms with van der Waals surface area (Å²) in [7, 11) is 0. The third kappa shape index (κ3) is 3.53. The zero-order chi connectivity index (χ0) is 14.0. The predicted molar refractivity (Wildman–Crippen MR) is 79.3 cm³/mol. The Labute approximate surface area is 117 Å². The van der Waals surface area contributed by atoms with Crippen LogP contribution in [0.15, 0.2) is 24.4 Å². The number of benzene rings is 1. The monoisotopic (exact) mass is 278 g/mol. The molecule has 0 aliphatic heterocycles. The molecule has 0 amide bonds. The lowest BCUT2D eigenvalue weighted by molar-refractivity contribution is 0.585. The molecule has 19 heavy (non-hydrogen) atoms. The number of hydrogen-bond donors (Lipinski definition) is 1. The molecule has 0 atom stereocenters. The number of aryl methyl sites for hydroxylation is 1. The highest BCUT2D eigenvalue weighted by molar-refractivity contribution is 7.11. The Morgan fingerprint density at radius 2 is 2.05 bits per heavy atom. The third-order valence-electron chi connectivity index (χ3n) is 2.84. The first-order valence-electron chi connectivity index (χ1n) is 6.31. The van der Waals surface area contributed by atoms with Gasteiger partial charge in [-0.05, 0) is 30.7 Å². The maximum atomic E-state index is 13.0. The van der Waals surface area contributed by atoms with E-state index in [1.165, 1.54) is 17.0 Å². The van der Waals surface area contributed by atoms with E-state index in [0.717, 1.165) is 22.8 Å². The lowest BCUT2D eigenvalue weighted by atomic mass is 9.98. The summed E-state index contributed by atoms with van der Waals surface area (Å²) in [5.41, 5.74) is 1.97. The molecular formula is C15H19FN2S. The van der Waals surface area contributed by atoms with E-state index in [0.29, 0.717) is 0 Å². The van der Waals surface area contributed by atoms with Crippen LogP contribution in [0.3, 0.4) is 0 Å². The summed E-state index contributed by atoms with van der Waals surface area (Å²) >= 11 is 1.72. The van der Waals surface area contributed by atoms with Gasteiger partial charge in [0, 0.05) is 22.2 Å². The van der Waals surface area contributed by atoms with Crippen LogP contribution in [0.25, 0.3) is 0 Å². The first-order valence-corrected chi connectivity index (χ1v) is 7.13. The molecule has 0 aliphatic carbocycles. The topological polar surface area (TPSA) is 24.9 Å². The number of halogens is 1. The van der Waals surface area contributed by atoms with Crippen LogP contribution >= 0.6 is 11.3 Å². The second kappa shape index (κ2) is 5.29. The van der Waals surface area contributed by atoms with Crippen molar-refractivity contribution in [3.63, 3.8) is 0 Å². The summed E-state index contributed by atoms with van der Waals surface area (Å²) in [5.74, 6) is -0.198. The SMILES string of the molecule is Cc1cc(F)ccc1NCc1cnc(C(C)(C)C)s1. The highest BCUT2D eigenvalue weighted by Gasteiger charge is 2.17. The van der Waals surface area contributed by atoms with Crippen LogP contribution in [0.1, 0.15) is 36.2 Å². The number of rotatable bonds is 3. The fourth-order valence-corrected chi connectivity index (χ4v) is 2.65. The molecule has 1 aromatic heterocycles. The van der Waals surface area contributed by atoms with E-state index >= 15 is 0 Å². The Balaban J connectivity index is 2.04. The molecule has 0 saturated carbocycles. The van der Waals surface area contributed by atoms with Crippen LogP contribution < -0.4 is 5.32 Å². The fourth-order valence-electron chi connectivity index (χ4n) is 1.74. The molecule has 0 radical (unpaired) electrons. The highest BCUT2D eigenvalue weighted by atomic mass is 32.1. The minimum Gasteiger partial charge on any atom is -0.380 e. The summed E-state index contributed by atoms with van der Waals surface area (Å²) in [6, 6.07) is 4.79. The van der Waals surface area contributed by atoms with E-state index in [4.69, 9.17) is 0 Å². The molecule has 0 spiro atoms. The third-order valence-corrected chi connectivity index (χ3v) is 4.26.